The molecule has 0 spiro atoms. The number of ether oxygens (including phenoxy) is 1. The summed E-state index contributed by atoms with van der Waals surface area (Å²) in [7, 11) is 0. The van der Waals surface area contributed by atoms with Gasteiger partial charge in [-0.1, -0.05) is 27.7 Å². The predicted molar refractivity (Wildman–Crippen MR) is 129 cm³/mol. The number of carbonyl (C=O) groups excluding carboxylic acids is 1. The van der Waals surface area contributed by atoms with E-state index in [2.05, 4.69) is 27.7 Å². The molecule has 5 saturated carbocycles. The predicted octanol–water partition coefficient (Wildman–Crippen LogP) is 3.97. The molecule has 0 bridgehead atoms. The van der Waals surface area contributed by atoms with Crippen LogP contribution in [0.4, 0.5) is 0 Å². The molecule has 0 amide bonds. The van der Waals surface area contributed by atoms with E-state index in [4.69, 9.17) is 4.74 Å². The minimum Gasteiger partial charge on any atom is -0.393 e. The Morgan fingerprint density at radius 1 is 1.12 bits per heavy atom. The summed E-state index contributed by atoms with van der Waals surface area (Å²) in [6, 6.07) is 0. The molecule has 0 unspecified atom stereocenters. The highest BCUT2D eigenvalue weighted by molar-refractivity contribution is 5.79. The van der Waals surface area contributed by atoms with Gasteiger partial charge in [0.25, 0.3) is 0 Å². The molecule has 6 aliphatic rings. The van der Waals surface area contributed by atoms with Crippen molar-refractivity contribution in [2.24, 2.45) is 58.2 Å². The van der Waals surface area contributed by atoms with Crippen LogP contribution in [0, 0.1) is 58.2 Å². The second-order valence-electron chi connectivity index (χ2n) is 14.1. The van der Waals surface area contributed by atoms with Crippen molar-refractivity contribution < 1.29 is 24.9 Å². The van der Waals surface area contributed by atoms with Crippen LogP contribution in [0.25, 0.3) is 0 Å². The highest BCUT2D eigenvalue weighted by atomic mass is 16.6. The summed E-state index contributed by atoms with van der Waals surface area (Å²) >= 11 is 0. The van der Waals surface area contributed by atoms with Gasteiger partial charge in [0.1, 0.15) is 11.4 Å². The van der Waals surface area contributed by atoms with Gasteiger partial charge in [0.15, 0.2) is 0 Å². The minimum atomic E-state index is -0.521. The Morgan fingerprint density at radius 3 is 2.47 bits per heavy atom. The average molecular weight is 475 g/mol. The van der Waals surface area contributed by atoms with E-state index >= 15 is 0 Å². The number of ketones is 1. The molecule has 192 valence electrons. The van der Waals surface area contributed by atoms with Crippen LogP contribution in [0.1, 0.15) is 85.5 Å². The lowest BCUT2D eigenvalue weighted by Crippen LogP contribution is -2.63. The molecule has 0 radical (unpaired) electrons. The van der Waals surface area contributed by atoms with E-state index in [-0.39, 0.29) is 40.4 Å². The summed E-state index contributed by atoms with van der Waals surface area (Å²) in [5.74, 6) is 3.39. The lowest BCUT2D eigenvalue weighted by Gasteiger charge is -2.63. The van der Waals surface area contributed by atoms with E-state index in [0.29, 0.717) is 37.6 Å². The van der Waals surface area contributed by atoms with Crippen LogP contribution in [0.15, 0.2) is 0 Å². The van der Waals surface area contributed by atoms with Crippen LogP contribution in [0.5, 0.6) is 0 Å². The van der Waals surface area contributed by atoms with Crippen LogP contribution in [0.2, 0.25) is 0 Å². The summed E-state index contributed by atoms with van der Waals surface area (Å²) in [6.07, 6.45) is 6.22. The number of carbonyl (C=O) groups is 1. The zero-order valence-corrected chi connectivity index (χ0v) is 21.6. The first-order valence-electron chi connectivity index (χ1n) is 14.2. The number of Topliss-reactive ketones (excluding diaryl/α,β-unsaturated/α-hetero) is 1. The topological polar surface area (TPSA) is 90.3 Å². The lowest BCUT2D eigenvalue weighted by molar-refractivity contribution is -0.204. The second kappa shape index (κ2) is 7.76. The Balaban J connectivity index is 1.26. The number of hydrogen-bond acceptors (Lipinski definition) is 5. The Morgan fingerprint density at radius 2 is 1.82 bits per heavy atom. The quantitative estimate of drug-likeness (QED) is 0.525. The van der Waals surface area contributed by atoms with Gasteiger partial charge in [-0.15, -0.1) is 0 Å². The molecule has 3 N–H and O–H groups in total. The molecule has 14 atom stereocenters. The Labute approximate surface area is 205 Å². The van der Waals surface area contributed by atoms with Gasteiger partial charge in [-0.25, -0.2) is 0 Å². The number of rotatable bonds is 5. The van der Waals surface area contributed by atoms with Gasteiger partial charge in [0.05, 0.1) is 24.9 Å². The van der Waals surface area contributed by atoms with Gasteiger partial charge < -0.3 is 20.1 Å². The fourth-order valence-corrected chi connectivity index (χ4v) is 10.4. The van der Waals surface area contributed by atoms with Gasteiger partial charge in [-0.2, -0.15) is 0 Å². The molecule has 0 aromatic carbocycles. The first-order valence-corrected chi connectivity index (χ1v) is 14.2. The summed E-state index contributed by atoms with van der Waals surface area (Å²) in [6.45, 7) is 9.75. The summed E-state index contributed by atoms with van der Waals surface area (Å²) in [4.78, 5) is 12.2. The molecule has 6 rings (SSSR count). The molecule has 1 heterocycles. The van der Waals surface area contributed by atoms with Crippen molar-refractivity contribution >= 4 is 5.78 Å². The number of aliphatic hydroxyl groups is 3. The SMILES string of the molecule is C[C@@H]1C[C@H]1[C@H](C)C[C@@H](O)[C@@]1([C@H]2CC[C@H]3[C@@H]4[C@H](O)C[C@H]5CC(=O)CC[C@]5(C)[C@H]4C[C@@H](O)[C@]23C)CO1. The molecule has 5 nitrogen and oxygen atoms in total. The molecule has 0 aromatic rings. The number of aliphatic hydroxyl groups excluding tert-OH is 3. The second-order valence-corrected chi connectivity index (χ2v) is 14.1. The first kappa shape index (κ1) is 23.9. The Hall–Kier alpha value is -0.490. The van der Waals surface area contributed by atoms with Crippen molar-refractivity contribution in [1.82, 2.24) is 0 Å². The van der Waals surface area contributed by atoms with Gasteiger partial charge >= 0.3 is 0 Å². The Bertz CT molecular complexity index is 838. The highest BCUT2D eigenvalue weighted by Gasteiger charge is 2.72. The fourth-order valence-electron chi connectivity index (χ4n) is 10.4. The fraction of sp³-hybridized carbons (Fsp3) is 0.966. The van der Waals surface area contributed by atoms with E-state index in [1.807, 2.05) is 0 Å². The van der Waals surface area contributed by atoms with Gasteiger partial charge in [0.2, 0.25) is 0 Å². The molecule has 5 heteroatoms. The standard InChI is InChI=1S/C29H46O5/c1-15-9-19(15)16(2)10-25(33)29(14-34-29)23-6-5-20-26-21(13-24(32)28(20,23)4)27(3)8-7-18(30)11-17(27)12-22(26)31/h15-17,19-26,31-33H,5-14H2,1-4H3/t15-,16-,17-,19-,20+,21+,22-,23+,24-,25-,26+,27+,28+,29+/m1/s1. The highest BCUT2D eigenvalue weighted by Crippen LogP contribution is 2.70. The maximum Gasteiger partial charge on any atom is 0.133 e. The van der Waals surface area contributed by atoms with E-state index in [1.54, 1.807) is 0 Å². The third-order valence-corrected chi connectivity index (χ3v) is 12.7. The maximum atomic E-state index is 12.2. The molecule has 34 heavy (non-hydrogen) atoms. The van der Waals surface area contributed by atoms with E-state index in [0.717, 1.165) is 43.9 Å². The number of hydrogen-bond donors (Lipinski definition) is 3. The number of fused-ring (bicyclic) bond motifs is 5. The first-order chi connectivity index (χ1) is 16.0. The van der Waals surface area contributed by atoms with Crippen LogP contribution in [-0.4, -0.2) is 51.6 Å². The average Bonchev–Trinajstić information content (AvgIpc) is 3.69. The van der Waals surface area contributed by atoms with Crippen molar-refractivity contribution in [2.75, 3.05) is 6.61 Å². The molecule has 6 fully saturated rings. The molecular formula is C29H46O5. The monoisotopic (exact) mass is 474 g/mol. The number of epoxide rings is 1. The summed E-state index contributed by atoms with van der Waals surface area (Å²) in [5.41, 5.74) is -0.835. The smallest absolute Gasteiger partial charge is 0.133 e. The van der Waals surface area contributed by atoms with Crippen LogP contribution < -0.4 is 0 Å². The van der Waals surface area contributed by atoms with Crippen LogP contribution >= 0.6 is 0 Å². The van der Waals surface area contributed by atoms with Gasteiger partial charge in [-0.05, 0) is 91.8 Å². The largest absolute Gasteiger partial charge is 0.393 e. The van der Waals surface area contributed by atoms with Crippen LogP contribution in [-0.2, 0) is 9.53 Å². The van der Waals surface area contributed by atoms with Crippen LogP contribution in [0.3, 0.4) is 0 Å². The van der Waals surface area contributed by atoms with Crippen molar-refractivity contribution in [1.29, 1.82) is 0 Å². The van der Waals surface area contributed by atoms with Crippen molar-refractivity contribution in [3.8, 4) is 0 Å². The Kier molecular flexibility index (Phi) is 5.45. The molecule has 0 aromatic heterocycles. The third-order valence-electron chi connectivity index (χ3n) is 12.7. The molecule has 5 aliphatic carbocycles. The lowest BCUT2D eigenvalue weighted by atomic mass is 9.43. The van der Waals surface area contributed by atoms with Gasteiger partial charge in [0, 0.05) is 24.2 Å². The van der Waals surface area contributed by atoms with Crippen molar-refractivity contribution in [2.45, 2.75) is 109 Å². The molecule has 1 aliphatic heterocycles. The third kappa shape index (κ3) is 3.22. The minimum absolute atomic E-state index is 0.0296. The zero-order chi connectivity index (χ0) is 24.2. The van der Waals surface area contributed by atoms with E-state index < -0.39 is 23.9 Å². The van der Waals surface area contributed by atoms with Gasteiger partial charge in [-0.3, -0.25) is 4.79 Å². The summed E-state index contributed by atoms with van der Waals surface area (Å²) in [5, 5.41) is 34.7. The van der Waals surface area contributed by atoms with E-state index in [1.165, 1.54) is 6.42 Å². The van der Waals surface area contributed by atoms with E-state index in [9.17, 15) is 20.1 Å². The molecular weight excluding hydrogens is 428 g/mol. The normalized spacial score (nSPS) is 57.9. The maximum absolute atomic E-state index is 12.2. The van der Waals surface area contributed by atoms with Crippen molar-refractivity contribution in [3.05, 3.63) is 0 Å². The zero-order valence-electron chi connectivity index (χ0n) is 21.6. The summed E-state index contributed by atoms with van der Waals surface area (Å²) < 4.78 is 6.15. The molecule has 1 saturated heterocycles. The van der Waals surface area contributed by atoms with Crippen molar-refractivity contribution in [3.63, 3.8) is 0 Å².